The van der Waals surface area contributed by atoms with Crippen molar-refractivity contribution in [3.8, 4) is 5.75 Å². The molecule has 4 heteroatoms. The first-order chi connectivity index (χ1) is 10.0. The van der Waals surface area contributed by atoms with Crippen LogP contribution in [-0.4, -0.2) is 18.0 Å². The Balaban J connectivity index is 2.17. The van der Waals surface area contributed by atoms with Gasteiger partial charge < -0.3 is 9.84 Å². The number of hydrogen-bond acceptors (Lipinski definition) is 3. The summed E-state index contributed by atoms with van der Waals surface area (Å²) in [4.78, 5) is 1.13. The highest BCUT2D eigenvalue weighted by Gasteiger charge is 2.17. The van der Waals surface area contributed by atoms with Gasteiger partial charge in [-0.3, -0.25) is 0 Å². The zero-order chi connectivity index (χ0) is 15.4. The van der Waals surface area contributed by atoms with E-state index in [0.717, 1.165) is 31.8 Å². The largest absolute Gasteiger partial charge is 0.496 e. The van der Waals surface area contributed by atoms with E-state index in [1.807, 2.05) is 44.2 Å². The highest BCUT2D eigenvalue weighted by molar-refractivity contribution is 9.10. The molecule has 0 aliphatic rings. The van der Waals surface area contributed by atoms with Crippen LogP contribution in [0.15, 0.2) is 45.8 Å². The number of benzene rings is 2. The minimum Gasteiger partial charge on any atom is -0.496 e. The van der Waals surface area contributed by atoms with Crippen LogP contribution in [0.4, 0.5) is 0 Å². The van der Waals surface area contributed by atoms with Gasteiger partial charge in [-0.15, -0.1) is 11.8 Å². The summed E-state index contributed by atoms with van der Waals surface area (Å²) in [6.07, 6.45) is -0.558. The van der Waals surface area contributed by atoms with E-state index in [0.29, 0.717) is 5.75 Å². The SMILES string of the molecule is COc1cc(C)cc(C)c1C(O)CSc1ccccc1Br. The maximum Gasteiger partial charge on any atom is 0.125 e. The summed E-state index contributed by atoms with van der Waals surface area (Å²) in [6.45, 7) is 4.04. The van der Waals surface area contributed by atoms with Gasteiger partial charge in [-0.25, -0.2) is 0 Å². The van der Waals surface area contributed by atoms with E-state index in [4.69, 9.17) is 4.74 Å². The van der Waals surface area contributed by atoms with Gasteiger partial charge in [0.2, 0.25) is 0 Å². The molecule has 112 valence electrons. The molecule has 2 aromatic carbocycles. The number of ether oxygens (including phenoxy) is 1. The van der Waals surface area contributed by atoms with Gasteiger partial charge in [0.15, 0.2) is 0 Å². The smallest absolute Gasteiger partial charge is 0.125 e. The maximum atomic E-state index is 10.5. The number of halogens is 1. The Labute approximate surface area is 138 Å². The first-order valence-electron chi connectivity index (χ1n) is 6.73. The molecule has 0 saturated heterocycles. The van der Waals surface area contributed by atoms with Crippen molar-refractivity contribution in [2.75, 3.05) is 12.9 Å². The molecular formula is C17H19BrO2S. The predicted molar refractivity (Wildman–Crippen MR) is 92.3 cm³/mol. The van der Waals surface area contributed by atoms with Crippen molar-refractivity contribution in [2.45, 2.75) is 24.8 Å². The Morgan fingerprint density at radius 3 is 2.62 bits per heavy atom. The summed E-state index contributed by atoms with van der Waals surface area (Å²) >= 11 is 5.16. The zero-order valence-corrected chi connectivity index (χ0v) is 14.8. The quantitative estimate of drug-likeness (QED) is 0.763. The van der Waals surface area contributed by atoms with Crippen molar-refractivity contribution >= 4 is 27.7 Å². The topological polar surface area (TPSA) is 29.5 Å². The van der Waals surface area contributed by atoms with E-state index in [-0.39, 0.29) is 0 Å². The van der Waals surface area contributed by atoms with Crippen LogP contribution in [0.3, 0.4) is 0 Å². The normalized spacial score (nSPS) is 12.2. The monoisotopic (exact) mass is 366 g/mol. The summed E-state index contributed by atoms with van der Waals surface area (Å²) in [5, 5.41) is 10.5. The molecule has 0 aliphatic carbocycles. The minimum absolute atomic E-state index is 0.558. The fourth-order valence-electron chi connectivity index (χ4n) is 2.35. The first-order valence-corrected chi connectivity index (χ1v) is 8.51. The van der Waals surface area contributed by atoms with Crippen molar-refractivity contribution in [1.29, 1.82) is 0 Å². The van der Waals surface area contributed by atoms with E-state index in [9.17, 15) is 5.11 Å². The van der Waals surface area contributed by atoms with Crippen molar-refractivity contribution in [3.63, 3.8) is 0 Å². The van der Waals surface area contributed by atoms with E-state index in [2.05, 4.69) is 22.0 Å². The van der Waals surface area contributed by atoms with E-state index in [1.165, 1.54) is 0 Å². The van der Waals surface area contributed by atoms with Gasteiger partial charge >= 0.3 is 0 Å². The third-order valence-electron chi connectivity index (χ3n) is 3.28. The van der Waals surface area contributed by atoms with Gasteiger partial charge in [-0.2, -0.15) is 0 Å². The average Bonchev–Trinajstić information content (AvgIpc) is 2.45. The zero-order valence-electron chi connectivity index (χ0n) is 12.4. The lowest BCUT2D eigenvalue weighted by Crippen LogP contribution is -2.06. The summed E-state index contributed by atoms with van der Waals surface area (Å²) in [5.41, 5.74) is 3.08. The molecule has 2 aromatic rings. The number of methoxy groups -OCH3 is 1. The maximum absolute atomic E-state index is 10.5. The van der Waals surface area contributed by atoms with Crippen molar-refractivity contribution in [3.05, 3.63) is 57.6 Å². The lowest BCUT2D eigenvalue weighted by atomic mass is 10.0. The Hall–Kier alpha value is -0.970. The lowest BCUT2D eigenvalue weighted by Gasteiger charge is -2.18. The fraction of sp³-hybridized carbons (Fsp3) is 0.294. The molecule has 0 spiro atoms. The molecule has 2 rings (SSSR count). The summed E-state index contributed by atoms with van der Waals surface area (Å²) in [6, 6.07) is 12.1. The number of hydrogen-bond donors (Lipinski definition) is 1. The molecule has 0 saturated carbocycles. The van der Waals surface area contributed by atoms with Gasteiger partial charge in [0.05, 0.1) is 13.2 Å². The van der Waals surface area contributed by atoms with Crippen molar-refractivity contribution in [2.24, 2.45) is 0 Å². The number of thioether (sulfide) groups is 1. The van der Waals surface area contributed by atoms with E-state index in [1.54, 1.807) is 18.9 Å². The third-order valence-corrected chi connectivity index (χ3v) is 5.38. The molecule has 0 bridgehead atoms. The average molecular weight is 367 g/mol. The van der Waals surface area contributed by atoms with Crippen LogP contribution in [0, 0.1) is 13.8 Å². The van der Waals surface area contributed by atoms with E-state index >= 15 is 0 Å². The molecule has 1 N–H and O–H groups in total. The van der Waals surface area contributed by atoms with Crippen molar-refractivity contribution in [1.82, 2.24) is 0 Å². The molecule has 0 amide bonds. The second kappa shape index (κ2) is 7.34. The van der Waals surface area contributed by atoms with Crippen LogP contribution in [0.5, 0.6) is 5.75 Å². The van der Waals surface area contributed by atoms with Crippen LogP contribution in [0.1, 0.15) is 22.8 Å². The van der Waals surface area contributed by atoms with Gasteiger partial charge in [-0.1, -0.05) is 18.2 Å². The first kappa shape index (κ1) is 16.4. The molecule has 0 heterocycles. The molecule has 2 nitrogen and oxygen atoms in total. The highest BCUT2D eigenvalue weighted by atomic mass is 79.9. The summed E-state index contributed by atoms with van der Waals surface area (Å²) in [5.74, 6) is 1.34. The van der Waals surface area contributed by atoms with E-state index < -0.39 is 6.10 Å². The molecule has 1 atom stereocenters. The van der Waals surface area contributed by atoms with Gasteiger partial charge in [0.25, 0.3) is 0 Å². The number of aliphatic hydroxyl groups is 1. The number of rotatable bonds is 5. The Morgan fingerprint density at radius 2 is 1.95 bits per heavy atom. The molecule has 0 aromatic heterocycles. The standard InChI is InChI=1S/C17H19BrO2S/c1-11-8-12(2)17(15(9-11)20-3)14(19)10-21-16-7-5-4-6-13(16)18/h4-9,14,19H,10H2,1-3H3. The molecular weight excluding hydrogens is 348 g/mol. The van der Waals surface area contributed by atoms with Gasteiger partial charge in [0, 0.05) is 20.7 Å². The molecule has 1 unspecified atom stereocenters. The van der Waals surface area contributed by atoms with Crippen LogP contribution in [0.2, 0.25) is 0 Å². The van der Waals surface area contributed by atoms with Gasteiger partial charge in [0.1, 0.15) is 5.75 Å². The summed E-state index contributed by atoms with van der Waals surface area (Å²) in [7, 11) is 1.64. The van der Waals surface area contributed by atoms with Crippen LogP contribution in [-0.2, 0) is 0 Å². The van der Waals surface area contributed by atoms with Gasteiger partial charge in [-0.05, 0) is 59.1 Å². The van der Waals surface area contributed by atoms with Crippen molar-refractivity contribution < 1.29 is 9.84 Å². The summed E-state index contributed by atoms with van der Waals surface area (Å²) < 4.78 is 6.48. The van der Waals surface area contributed by atoms with Crippen LogP contribution < -0.4 is 4.74 Å². The number of aryl methyl sites for hydroxylation is 2. The molecule has 0 fully saturated rings. The highest BCUT2D eigenvalue weighted by Crippen LogP contribution is 2.35. The molecule has 21 heavy (non-hydrogen) atoms. The van der Waals surface area contributed by atoms with Crippen LogP contribution >= 0.6 is 27.7 Å². The Bertz CT molecular complexity index is 628. The lowest BCUT2D eigenvalue weighted by molar-refractivity contribution is 0.198. The predicted octanol–water partition coefficient (Wildman–Crippen LogP) is 4.90. The minimum atomic E-state index is -0.558. The Kier molecular flexibility index (Phi) is 5.73. The third kappa shape index (κ3) is 4.02. The fourth-order valence-corrected chi connectivity index (χ4v) is 3.86. The molecule has 0 aliphatic heterocycles. The molecule has 0 radical (unpaired) electrons. The number of aliphatic hydroxyl groups excluding tert-OH is 1. The second-order valence-corrected chi connectivity index (χ2v) is 6.87. The second-order valence-electron chi connectivity index (χ2n) is 4.95. The van der Waals surface area contributed by atoms with Crippen LogP contribution in [0.25, 0.3) is 0 Å². The Morgan fingerprint density at radius 1 is 1.24 bits per heavy atom.